The molecule has 0 radical (unpaired) electrons. The van der Waals surface area contributed by atoms with E-state index in [2.05, 4.69) is 0 Å². The first-order chi connectivity index (χ1) is 11.5. The lowest BCUT2D eigenvalue weighted by Crippen LogP contribution is -2.47. The molecule has 2 saturated heterocycles. The minimum Gasteiger partial charge on any atom is -0.369 e. The summed E-state index contributed by atoms with van der Waals surface area (Å²) < 4.78 is 0. The van der Waals surface area contributed by atoms with Gasteiger partial charge >= 0.3 is 0 Å². The molecule has 2 N–H and O–H groups in total. The van der Waals surface area contributed by atoms with Crippen molar-refractivity contribution in [2.75, 3.05) is 13.1 Å². The number of benzene rings is 1. The molecule has 2 aliphatic heterocycles. The lowest BCUT2D eigenvalue weighted by molar-refractivity contribution is -0.140. The van der Waals surface area contributed by atoms with Crippen molar-refractivity contribution in [3.63, 3.8) is 0 Å². The number of nitrogens with two attached hydrogens (primary N) is 1. The quantitative estimate of drug-likeness (QED) is 0.827. The minimum atomic E-state index is -0.418. The van der Waals surface area contributed by atoms with Crippen molar-refractivity contribution in [2.24, 2.45) is 11.7 Å². The van der Waals surface area contributed by atoms with Crippen LogP contribution in [0, 0.1) is 5.92 Å². The van der Waals surface area contributed by atoms with Crippen molar-refractivity contribution in [1.29, 1.82) is 0 Å². The predicted octanol–water partition coefficient (Wildman–Crippen LogP) is 1.16. The van der Waals surface area contributed by atoms with Crippen LogP contribution >= 0.6 is 11.6 Å². The first-order valence-corrected chi connectivity index (χ1v) is 8.45. The van der Waals surface area contributed by atoms with Crippen molar-refractivity contribution < 1.29 is 14.4 Å². The van der Waals surface area contributed by atoms with Crippen LogP contribution in [0.25, 0.3) is 0 Å². The van der Waals surface area contributed by atoms with Gasteiger partial charge in [-0.3, -0.25) is 24.2 Å². The van der Waals surface area contributed by atoms with E-state index in [0.717, 1.165) is 5.56 Å². The number of piperidine rings is 1. The van der Waals surface area contributed by atoms with Crippen LogP contribution in [0.3, 0.4) is 0 Å². The molecule has 0 spiro atoms. The molecule has 0 saturated carbocycles. The van der Waals surface area contributed by atoms with Gasteiger partial charge in [0.05, 0.1) is 19.0 Å². The van der Waals surface area contributed by atoms with Crippen LogP contribution in [-0.2, 0) is 20.9 Å². The Labute approximate surface area is 145 Å². The number of amides is 3. The van der Waals surface area contributed by atoms with E-state index >= 15 is 0 Å². The summed E-state index contributed by atoms with van der Waals surface area (Å²) in [4.78, 5) is 39.5. The van der Waals surface area contributed by atoms with Gasteiger partial charge in [-0.1, -0.05) is 23.7 Å². The van der Waals surface area contributed by atoms with Crippen molar-refractivity contribution in [1.82, 2.24) is 9.80 Å². The first kappa shape index (κ1) is 16.9. The summed E-state index contributed by atoms with van der Waals surface area (Å²) in [6.07, 6.45) is 1.49. The zero-order chi connectivity index (χ0) is 17.3. The summed E-state index contributed by atoms with van der Waals surface area (Å²) in [5.74, 6) is -0.726. The van der Waals surface area contributed by atoms with E-state index in [4.69, 9.17) is 17.3 Å². The third-order valence-electron chi connectivity index (χ3n) is 4.85. The number of imide groups is 1. The maximum absolute atomic E-state index is 12.6. The van der Waals surface area contributed by atoms with Crippen molar-refractivity contribution >= 4 is 29.3 Å². The Morgan fingerprint density at radius 3 is 2.38 bits per heavy atom. The summed E-state index contributed by atoms with van der Waals surface area (Å²) >= 11 is 5.86. The highest BCUT2D eigenvalue weighted by molar-refractivity contribution is 6.30. The summed E-state index contributed by atoms with van der Waals surface area (Å²) in [7, 11) is 0. The van der Waals surface area contributed by atoms with Gasteiger partial charge in [0.1, 0.15) is 0 Å². The van der Waals surface area contributed by atoms with E-state index in [0.29, 0.717) is 31.0 Å². The zero-order valence-corrected chi connectivity index (χ0v) is 14.0. The maximum atomic E-state index is 12.6. The maximum Gasteiger partial charge on any atom is 0.247 e. The third kappa shape index (κ3) is 3.44. The highest BCUT2D eigenvalue weighted by Gasteiger charge is 2.42. The summed E-state index contributed by atoms with van der Waals surface area (Å²) in [6, 6.07) is 6.70. The van der Waals surface area contributed by atoms with Crippen LogP contribution in [0.5, 0.6) is 0 Å². The van der Waals surface area contributed by atoms with Gasteiger partial charge in [-0.15, -0.1) is 0 Å². The Morgan fingerprint density at radius 1 is 1.17 bits per heavy atom. The largest absolute Gasteiger partial charge is 0.369 e. The van der Waals surface area contributed by atoms with E-state index < -0.39 is 6.04 Å². The lowest BCUT2D eigenvalue weighted by Gasteiger charge is -2.33. The van der Waals surface area contributed by atoms with Crippen LogP contribution in [0.2, 0.25) is 5.02 Å². The fourth-order valence-electron chi connectivity index (χ4n) is 3.39. The van der Waals surface area contributed by atoms with Crippen LogP contribution in [0.15, 0.2) is 24.3 Å². The number of carbonyl (C=O) groups excluding carboxylic acids is 3. The van der Waals surface area contributed by atoms with Crippen molar-refractivity contribution in [3.05, 3.63) is 34.9 Å². The average molecular weight is 350 g/mol. The topological polar surface area (TPSA) is 83.7 Å². The molecular formula is C17H20ClN3O3. The average Bonchev–Trinajstić information content (AvgIpc) is 2.85. The number of carbonyl (C=O) groups is 3. The Hall–Kier alpha value is -1.92. The van der Waals surface area contributed by atoms with Crippen LogP contribution in [-0.4, -0.2) is 46.7 Å². The third-order valence-corrected chi connectivity index (χ3v) is 5.10. The van der Waals surface area contributed by atoms with E-state index in [1.165, 1.54) is 4.90 Å². The smallest absolute Gasteiger partial charge is 0.247 e. The van der Waals surface area contributed by atoms with Gasteiger partial charge in [0.2, 0.25) is 17.7 Å². The molecule has 1 aromatic carbocycles. The molecular weight excluding hydrogens is 330 g/mol. The van der Waals surface area contributed by atoms with Gasteiger partial charge in [-0.25, -0.2) is 0 Å². The Morgan fingerprint density at radius 2 is 1.79 bits per heavy atom. The van der Waals surface area contributed by atoms with Gasteiger partial charge in [0, 0.05) is 10.9 Å². The Kier molecular flexibility index (Phi) is 4.87. The van der Waals surface area contributed by atoms with Gasteiger partial charge in [0.15, 0.2) is 0 Å². The molecule has 1 aromatic rings. The Bertz CT molecular complexity index is 654. The number of primary amides is 1. The normalized spacial score (nSPS) is 23.0. The predicted molar refractivity (Wildman–Crippen MR) is 88.9 cm³/mol. The van der Waals surface area contributed by atoms with Crippen LogP contribution < -0.4 is 5.73 Å². The number of rotatable bonds is 4. The SMILES string of the molecule is NC(=O)C1CCN(C2CC(=O)N(Cc3ccc(Cl)cc3)C2=O)CC1. The van der Waals surface area contributed by atoms with Gasteiger partial charge in [-0.05, 0) is 43.6 Å². The molecule has 3 rings (SSSR count). The van der Waals surface area contributed by atoms with Crippen molar-refractivity contribution in [2.45, 2.75) is 31.8 Å². The fourth-order valence-corrected chi connectivity index (χ4v) is 3.51. The molecule has 0 aliphatic carbocycles. The summed E-state index contributed by atoms with van der Waals surface area (Å²) in [6.45, 7) is 1.50. The molecule has 1 atom stereocenters. The number of nitrogens with zero attached hydrogens (tertiary/aromatic N) is 2. The first-order valence-electron chi connectivity index (χ1n) is 8.07. The van der Waals surface area contributed by atoms with Crippen LogP contribution in [0.1, 0.15) is 24.8 Å². The molecule has 0 bridgehead atoms. The molecule has 2 heterocycles. The summed E-state index contributed by atoms with van der Waals surface area (Å²) in [5, 5.41) is 0.619. The van der Waals surface area contributed by atoms with Crippen molar-refractivity contribution in [3.8, 4) is 0 Å². The molecule has 6 nitrogen and oxygen atoms in total. The minimum absolute atomic E-state index is 0.126. The molecule has 2 fully saturated rings. The van der Waals surface area contributed by atoms with E-state index in [1.54, 1.807) is 12.1 Å². The molecule has 3 amide bonds. The van der Waals surface area contributed by atoms with Gasteiger partial charge in [0.25, 0.3) is 0 Å². The molecule has 7 heteroatoms. The molecule has 128 valence electrons. The zero-order valence-electron chi connectivity index (χ0n) is 13.3. The second kappa shape index (κ2) is 6.91. The highest BCUT2D eigenvalue weighted by Crippen LogP contribution is 2.26. The lowest BCUT2D eigenvalue weighted by atomic mass is 9.95. The number of likely N-dealkylation sites (tertiary alicyclic amines) is 2. The second-order valence-electron chi connectivity index (χ2n) is 6.38. The monoisotopic (exact) mass is 349 g/mol. The molecule has 0 aromatic heterocycles. The van der Waals surface area contributed by atoms with E-state index in [9.17, 15) is 14.4 Å². The fraction of sp³-hybridized carbons (Fsp3) is 0.471. The van der Waals surface area contributed by atoms with Crippen LogP contribution in [0.4, 0.5) is 0 Å². The molecule has 1 unspecified atom stereocenters. The standard InChI is InChI=1S/C17H20ClN3O3/c18-13-3-1-11(2-4-13)10-21-15(22)9-14(17(21)24)20-7-5-12(6-8-20)16(19)23/h1-4,12,14H,5-10H2,(H2,19,23). The molecule has 2 aliphatic rings. The molecule has 24 heavy (non-hydrogen) atoms. The van der Waals surface area contributed by atoms with E-state index in [1.807, 2.05) is 17.0 Å². The number of hydrogen-bond acceptors (Lipinski definition) is 4. The number of hydrogen-bond donors (Lipinski definition) is 1. The van der Waals surface area contributed by atoms with Gasteiger partial charge < -0.3 is 5.73 Å². The second-order valence-corrected chi connectivity index (χ2v) is 6.81. The summed E-state index contributed by atoms with van der Waals surface area (Å²) in [5.41, 5.74) is 6.21. The van der Waals surface area contributed by atoms with Gasteiger partial charge in [-0.2, -0.15) is 0 Å². The Balaban J connectivity index is 1.64. The van der Waals surface area contributed by atoms with E-state index in [-0.39, 0.29) is 36.6 Å². The highest BCUT2D eigenvalue weighted by atomic mass is 35.5. The number of halogens is 1.